The molecule has 0 unspecified atom stereocenters. The maximum Gasteiger partial charge on any atom is 0.339 e. The van der Waals surface area contributed by atoms with Crippen LogP contribution in [0, 0.1) is 0 Å². The zero-order valence-electron chi connectivity index (χ0n) is 20.5. The topological polar surface area (TPSA) is 72.7 Å². The smallest absolute Gasteiger partial charge is 0.339 e. The van der Waals surface area contributed by atoms with Gasteiger partial charge in [0.25, 0.3) is 0 Å². The molecule has 0 spiro atoms. The number of nitrogens with zero attached hydrogens (tertiary/aromatic N) is 2. The molecule has 6 nitrogen and oxygen atoms in total. The van der Waals surface area contributed by atoms with Crippen LogP contribution in [0.25, 0.3) is 16.9 Å². The van der Waals surface area contributed by atoms with E-state index in [4.69, 9.17) is 9.17 Å². The summed E-state index contributed by atoms with van der Waals surface area (Å²) in [5.74, 6) is 1.07. The van der Waals surface area contributed by atoms with Crippen molar-refractivity contribution in [1.82, 2.24) is 9.38 Å². The van der Waals surface area contributed by atoms with Gasteiger partial charge in [0.1, 0.15) is 27.8 Å². The Morgan fingerprint density at radius 3 is 2.24 bits per heavy atom. The van der Waals surface area contributed by atoms with Crippen molar-refractivity contribution >= 4 is 21.6 Å². The van der Waals surface area contributed by atoms with Crippen molar-refractivity contribution in [1.29, 1.82) is 0 Å². The molecule has 1 N–H and O–H groups in total. The van der Waals surface area contributed by atoms with Crippen molar-refractivity contribution in [2.75, 3.05) is 5.32 Å². The van der Waals surface area contributed by atoms with Crippen LogP contribution in [0.1, 0.15) is 47.1 Å². The van der Waals surface area contributed by atoms with Gasteiger partial charge in [-0.2, -0.15) is 8.42 Å². The van der Waals surface area contributed by atoms with Crippen LogP contribution in [0.2, 0.25) is 0 Å². The average molecular weight is 478 g/mol. The second-order valence-electron chi connectivity index (χ2n) is 10.5. The van der Waals surface area contributed by atoms with Gasteiger partial charge >= 0.3 is 10.1 Å². The second kappa shape index (κ2) is 8.47. The van der Waals surface area contributed by atoms with E-state index in [1.54, 1.807) is 30.3 Å². The zero-order chi connectivity index (χ0) is 24.7. The van der Waals surface area contributed by atoms with Crippen LogP contribution < -0.4 is 9.50 Å². The predicted molar refractivity (Wildman–Crippen MR) is 137 cm³/mol. The predicted octanol–water partition coefficient (Wildman–Crippen LogP) is 6.28. The van der Waals surface area contributed by atoms with Gasteiger partial charge in [0, 0.05) is 17.3 Å². The first kappa shape index (κ1) is 23.8. The fourth-order valence-electron chi connectivity index (χ4n) is 3.66. The lowest BCUT2D eigenvalue weighted by molar-refractivity contribution is 0.486. The number of hydrogen-bond donors (Lipinski definition) is 1. The number of hydrogen-bond acceptors (Lipinski definition) is 5. The Hall–Kier alpha value is -3.32. The fourth-order valence-corrected chi connectivity index (χ4v) is 4.59. The summed E-state index contributed by atoms with van der Waals surface area (Å²) in [5.41, 5.74) is 3.06. The van der Waals surface area contributed by atoms with Gasteiger partial charge in [0.15, 0.2) is 0 Å². The normalized spacial score (nSPS) is 12.6. The van der Waals surface area contributed by atoms with Crippen LogP contribution in [0.15, 0.2) is 77.8 Å². The van der Waals surface area contributed by atoms with E-state index in [1.165, 1.54) is 0 Å². The molecule has 34 heavy (non-hydrogen) atoms. The second-order valence-corrected chi connectivity index (χ2v) is 12.0. The molecule has 178 valence electrons. The molecule has 0 atom stereocenters. The summed E-state index contributed by atoms with van der Waals surface area (Å²) < 4.78 is 33.4. The molecule has 0 saturated heterocycles. The first-order chi connectivity index (χ1) is 15.8. The van der Waals surface area contributed by atoms with Crippen molar-refractivity contribution in [2.24, 2.45) is 0 Å². The molecule has 0 aliphatic rings. The van der Waals surface area contributed by atoms with E-state index < -0.39 is 10.1 Å². The van der Waals surface area contributed by atoms with Gasteiger partial charge in [0.05, 0.1) is 0 Å². The Labute approximate surface area is 201 Å². The number of nitrogens with one attached hydrogen (secondary N) is 1. The molecule has 2 aromatic heterocycles. The van der Waals surface area contributed by atoms with Crippen LogP contribution in [-0.4, -0.2) is 23.3 Å². The molecular weight excluding hydrogens is 446 g/mol. The van der Waals surface area contributed by atoms with Crippen molar-refractivity contribution in [3.8, 4) is 17.0 Å². The molecule has 0 amide bonds. The highest BCUT2D eigenvalue weighted by Gasteiger charge is 2.22. The lowest BCUT2D eigenvalue weighted by Gasteiger charge is -2.22. The minimum Gasteiger partial charge on any atom is -0.379 e. The van der Waals surface area contributed by atoms with E-state index in [0.717, 1.165) is 28.3 Å². The summed E-state index contributed by atoms with van der Waals surface area (Å²) in [6.45, 7) is 12.5. The largest absolute Gasteiger partial charge is 0.379 e. The lowest BCUT2D eigenvalue weighted by atomic mass is 9.87. The standard InChI is InChI=1S/C27H31N3O3S/c1-26(2,3)20-13-15-22(16-14-20)34(31,32)33-21-11-9-10-19(18-21)24-25(29-27(4,5)6)30-17-8-7-12-23(30)28-24/h7-18,29H,1-6H3. The quantitative estimate of drug-likeness (QED) is 0.343. The average Bonchev–Trinajstić information content (AvgIpc) is 3.10. The number of aromatic nitrogens is 2. The summed E-state index contributed by atoms with van der Waals surface area (Å²) >= 11 is 0. The summed E-state index contributed by atoms with van der Waals surface area (Å²) in [6.07, 6.45) is 1.95. The van der Waals surface area contributed by atoms with Gasteiger partial charge in [-0.1, -0.05) is 51.1 Å². The summed E-state index contributed by atoms with van der Waals surface area (Å²) in [7, 11) is -3.98. The number of rotatable bonds is 5. The number of imidazole rings is 1. The van der Waals surface area contributed by atoms with Gasteiger partial charge in [-0.3, -0.25) is 4.40 Å². The third kappa shape index (κ3) is 5.09. The monoisotopic (exact) mass is 477 g/mol. The Balaban J connectivity index is 1.69. The van der Waals surface area contributed by atoms with Gasteiger partial charge in [-0.15, -0.1) is 0 Å². The van der Waals surface area contributed by atoms with Crippen LogP contribution >= 0.6 is 0 Å². The molecule has 4 rings (SSSR count). The molecule has 4 aromatic rings. The van der Waals surface area contributed by atoms with Gasteiger partial charge in [-0.25, -0.2) is 4.98 Å². The minimum atomic E-state index is -3.98. The minimum absolute atomic E-state index is 0.0651. The van der Waals surface area contributed by atoms with Gasteiger partial charge in [0.2, 0.25) is 0 Å². The summed E-state index contributed by atoms with van der Waals surface area (Å²) in [5, 5.41) is 3.52. The van der Waals surface area contributed by atoms with Crippen LogP contribution in [-0.2, 0) is 15.5 Å². The Morgan fingerprint density at radius 1 is 0.882 bits per heavy atom. The highest BCUT2D eigenvalue weighted by Crippen LogP contribution is 2.33. The Bertz CT molecular complexity index is 1420. The number of pyridine rings is 1. The fraction of sp³-hybridized carbons (Fsp3) is 0.296. The third-order valence-corrected chi connectivity index (χ3v) is 6.61. The zero-order valence-corrected chi connectivity index (χ0v) is 21.3. The summed E-state index contributed by atoms with van der Waals surface area (Å²) in [6, 6.07) is 19.7. The molecule has 2 heterocycles. The molecule has 0 bridgehead atoms. The van der Waals surface area contributed by atoms with Crippen LogP contribution in [0.5, 0.6) is 5.75 Å². The molecule has 0 saturated carbocycles. The molecule has 0 aliphatic heterocycles. The first-order valence-electron chi connectivity index (χ1n) is 11.2. The SMILES string of the molecule is CC(C)(C)Nc1c(-c2cccc(OS(=O)(=O)c3ccc(C(C)(C)C)cc3)c2)nc2ccccn12. The van der Waals surface area contributed by atoms with E-state index in [1.807, 2.05) is 47.0 Å². The molecule has 0 aliphatic carbocycles. The van der Waals surface area contributed by atoms with Crippen LogP contribution in [0.4, 0.5) is 5.82 Å². The maximum absolute atomic E-state index is 13.0. The van der Waals surface area contributed by atoms with Crippen molar-refractivity contribution in [2.45, 2.75) is 57.4 Å². The molecule has 0 radical (unpaired) electrons. The molecule has 0 fully saturated rings. The molecular formula is C27H31N3O3S. The van der Waals surface area contributed by atoms with E-state index in [-0.39, 0.29) is 21.6 Å². The summed E-state index contributed by atoms with van der Waals surface area (Å²) in [4.78, 5) is 4.91. The van der Waals surface area contributed by atoms with Crippen molar-refractivity contribution in [3.63, 3.8) is 0 Å². The molecule has 2 aromatic carbocycles. The van der Waals surface area contributed by atoms with Gasteiger partial charge < -0.3 is 9.50 Å². The van der Waals surface area contributed by atoms with E-state index >= 15 is 0 Å². The highest BCUT2D eigenvalue weighted by molar-refractivity contribution is 7.87. The third-order valence-electron chi connectivity index (χ3n) is 5.35. The highest BCUT2D eigenvalue weighted by atomic mass is 32.2. The van der Waals surface area contributed by atoms with E-state index in [0.29, 0.717) is 0 Å². The van der Waals surface area contributed by atoms with E-state index in [2.05, 4.69) is 46.9 Å². The van der Waals surface area contributed by atoms with Crippen molar-refractivity contribution in [3.05, 3.63) is 78.5 Å². The first-order valence-corrected chi connectivity index (χ1v) is 12.7. The lowest BCUT2D eigenvalue weighted by Crippen LogP contribution is -2.27. The molecule has 7 heteroatoms. The van der Waals surface area contributed by atoms with Crippen molar-refractivity contribution < 1.29 is 12.6 Å². The Kier molecular flexibility index (Phi) is 5.94. The number of benzene rings is 2. The Morgan fingerprint density at radius 2 is 1.59 bits per heavy atom. The maximum atomic E-state index is 13.0. The van der Waals surface area contributed by atoms with Gasteiger partial charge in [-0.05, 0) is 68.1 Å². The van der Waals surface area contributed by atoms with Crippen LogP contribution in [0.3, 0.4) is 0 Å². The number of fused-ring (bicyclic) bond motifs is 1. The van der Waals surface area contributed by atoms with E-state index in [9.17, 15) is 8.42 Å². The number of anilines is 1.